The molecule has 6 heteroatoms. The molecule has 3 aromatic rings. The number of aryl methyl sites for hydroxylation is 1. The standard InChI is InChI=1S/C26H33N5O/c1-17-8-7-9-20(18(17)2)16-27-25(32)19-12-14-21(15-13-19)28-26-29-23-11-6-5-10-22(23)24(30-26)31(3)4/h5-11,19,21H,12-16H2,1-4H3,(H,27,32)(H,28,29,30)/t19-,21+. The van der Waals surface area contributed by atoms with Crippen molar-refractivity contribution in [2.24, 2.45) is 5.92 Å². The quantitative estimate of drug-likeness (QED) is 0.597. The van der Waals surface area contributed by atoms with E-state index < -0.39 is 0 Å². The molecule has 1 fully saturated rings. The van der Waals surface area contributed by atoms with Crippen molar-refractivity contribution >= 4 is 28.6 Å². The largest absolute Gasteiger partial charge is 0.362 e. The molecule has 0 unspecified atom stereocenters. The number of carbonyl (C=O) groups is 1. The van der Waals surface area contributed by atoms with Crippen LogP contribution >= 0.6 is 0 Å². The molecule has 0 radical (unpaired) electrons. The zero-order valence-electron chi connectivity index (χ0n) is 19.5. The van der Waals surface area contributed by atoms with E-state index >= 15 is 0 Å². The molecule has 0 bridgehead atoms. The highest BCUT2D eigenvalue weighted by Gasteiger charge is 2.27. The number of amides is 1. The number of nitrogens with zero attached hydrogens (tertiary/aromatic N) is 3. The Hall–Kier alpha value is -3.15. The van der Waals surface area contributed by atoms with Gasteiger partial charge in [0.25, 0.3) is 0 Å². The molecule has 32 heavy (non-hydrogen) atoms. The molecule has 2 N–H and O–H groups in total. The van der Waals surface area contributed by atoms with E-state index in [0.717, 1.165) is 42.4 Å². The van der Waals surface area contributed by atoms with E-state index in [4.69, 9.17) is 9.97 Å². The fraction of sp³-hybridized carbons (Fsp3) is 0.423. The molecule has 1 heterocycles. The summed E-state index contributed by atoms with van der Waals surface area (Å²) >= 11 is 0. The minimum absolute atomic E-state index is 0.0769. The lowest BCUT2D eigenvalue weighted by Gasteiger charge is -2.29. The Bertz CT molecular complexity index is 1100. The molecule has 0 saturated heterocycles. The van der Waals surface area contributed by atoms with Gasteiger partial charge in [-0.05, 0) is 68.4 Å². The van der Waals surface area contributed by atoms with Gasteiger partial charge < -0.3 is 15.5 Å². The van der Waals surface area contributed by atoms with E-state index in [9.17, 15) is 4.79 Å². The molecule has 1 aliphatic rings. The smallest absolute Gasteiger partial charge is 0.225 e. The van der Waals surface area contributed by atoms with Gasteiger partial charge in [0.1, 0.15) is 5.82 Å². The molecule has 0 spiro atoms. The number of anilines is 2. The third-order valence-corrected chi connectivity index (χ3v) is 6.61. The van der Waals surface area contributed by atoms with Gasteiger partial charge in [0.15, 0.2) is 0 Å². The topological polar surface area (TPSA) is 70.2 Å². The second-order valence-corrected chi connectivity index (χ2v) is 9.05. The minimum atomic E-state index is 0.0769. The van der Waals surface area contributed by atoms with Gasteiger partial charge in [0.05, 0.1) is 5.52 Å². The summed E-state index contributed by atoms with van der Waals surface area (Å²) in [5.74, 6) is 1.82. The van der Waals surface area contributed by atoms with Crippen LogP contribution in [0.4, 0.5) is 11.8 Å². The van der Waals surface area contributed by atoms with Crippen molar-refractivity contribution in [2.75, 3.05) is 24.3 Å². The molecule has 2 aromatic carbocycles. The van der Waals surface area contributed by atoms with Crippen LogP contribution in [-0.2, 0) is 11.3 Å². The Morgan fingerprint density at radius 3 is 2.50 bits per heavy atom. The van der Waals surface area contributed by atoms with Crippen LogP contribution in [0.3, 0.4) is 0 Å². The first-order valence-corrected chi connectivity index (χ1v) is 11.5. The van der Waals surface area contributed by atoms with Crippen LogP contribution in [0.1, 0.15) is 42.4 Å². The van der Waals surface area contributed by atoms with Gasteiger partial charge in [-0.25, -0.2) is 4.98 Å². The molecule has 1 aromatic heterocycles. The summed E-state index contributed by atoms with van der Waals surface area (Å²) < 4.78 is 0. The van der Waals surface area contributed by atoms with E-state index in [1.807, 2.05) is 37.2 Å². The summed E-state index contributed by atoms with van der Waals surface area (Å²) in [5, 5.41) is 7.72. The van der Waals surface area contributed by atoms with Crippen LogP contribution in [0, 0.1) is 19.8 Å². The van der Waals surface area contributed by atoms with Gasteiger partial charge in [0, 0.05) is 38.0 Å². The lowest BCUT2D eigenvalue weighted by molar-refractivity contribution is -0.126. The Morgan fingerprint density at radius 1 is 1.00 bits per heavy atom. The van der Waals surface area contributed by atoms with Gasteiger partial charge in [-0.3, -0.25) is 4.79 Å². The maximum atomic E-state index is 12.7. The monoisotopic (exact) mass is 431 g/mol. The normalized spacial score (nSPS) is 18.4. The zero-order chi connectivity index (χ0) is 22.7. The van der Waals surface area contributed by atoms with Crippen molar-refractivity contribution in [1.29, 1.82) is 0 Å². The number of fused-ring (bicyclic) bond motifs is 1. The molecule has 6 nitrogen and oxygen atoms in total. The molecular weight excluding hydrogens is 398 g/mol. The lowest BCUT2D eigenvalue weighted by atomic mass is 9.85. The van der Waals surface area contributed by atoms with E-state index in [0.29, 0.717) is 12.5 Å². The Balaban J connectivity index is 1.34. The zero-order valence-corrected chi connectivity index (χ0v) is 19.5. The number of hydrogen-bond acceptors (Lipinski definition) is 5. The fourth-order valence-corrected chi connectivity index (χ4v) is 4.48. The predicted molar refractivity (Wildman–Crippen MR) is 131 cm³/mol. The van der Waals surface area contributed by atoms with Gasteiger partial charge in [-0.15, -0.1) is 0 Å². The molecule has 4 rings (SSSR count). The number of rotatable bonds is 6. The van der Waals surface area contributed by atoms with Crippen LogP contribution in [0.2, 0.25) is 0 Å². The summed E-state index contributed by atoms with van der Waals surface area (Å²) in [6.45, 7) is 4.82. The van der Waals surface area contributed by atoms with Crippen molar-refractivity contribution in [3.8, 4) is 0 Å². The number of para-hydroxylation sites is 1. The highest BCUT2D eigenvalue weighted by Crippen LogP contribution is 2.28. The molecule has 1 amide bonds. The third kappa shape index (κ3) is 4.85. The molecule has 0 atom stereocenters. The van der Waals surface area contributed by atoms with Crippen LogP contribution < -0.4 is 15.5 Å². The third-order valence-electron chi connectivity index (χ3n) is 6.61. The predicted octanol–water partition coefficient (Wildman–Crippen LogP) is 4.60. The van der Waals surface area contributed by atoms with Gasteiger partial charge in [-0.1, -0.05) is 30.3 Å². The molecular formula is C26H33N5O. The van der Waals surface area contributed by atoms with E-state index in [1.165, 1.54) is 16.7 Å². The number of aromatic nitrogens is 2. The van der Waals surface area contributed by atoms with E-state index in [1.54, 1.807) is 0 Å². The van der Waals surface area contributed by atoms with Crippen molar-refractivity contribution in [3.05, 3.63) is 59.2 Å². The van der Waals surface area contributed by atoms with Gasteiger partial charge >= 0.3 is 0 Å². The summed E-state index contributed by atoms with van der Waals surface area (Å²) in [5.41, 5.74) is 4.65. The maximum absolute atomic E-state index is 12.7. The lowest BCUT2D eigenvalue weighted by Crippen LogP contribution is -2.36. The van der Waals surface area contributed by atoms with Gasteiger partial charge in [-0.2, -0.15) is 4.98 Å². The van der Waals surface area contributed by atoms with Gasteiger partial charge in [0.2, 0.25) is 11.9 Å². The first kappa shape index (κ1) is 22.1. The van der Waals surface area contributed by atoms with Crippen molar-refractivity contribution in [3.63, 3.8) is 0 Å². The first-order chi connectivity index (χ1) is 15.4. The van der Waals surface area contributed by atoms with Crippen molar-refractivity contribution in [2.45, 2.75) is 52.1 Å². The van der Waals surface area contributed by atoms with E-state index in [2.05, 4.69) is 48.7 Å². The molecule has 1 saturated carbocycles. The first-order valence-electron chi connectivity index (χ1n) is 11.5. The number of nitrogens with one attached hydrogen (secondary N) is 2. The Morgan fingerprint density at radius 2 is 1.75 bits per heavy atom. The highest BCUT2D eigenvalue weighted by molar-refractivity contribution is 5.90. The molecule has 1 aliphatic carbocycles. The number of benzene rings is 2. The Labute approximate surface area is 190 Å². The summed E-state index contributed by atoms with van der Waals surface area (Å²) in [6, 6.07) is 14.6. The summed E-state index contributed by atoms with van der Waals surface area (Å²) in [4.78, 5) is 24.2. The molecule has 0 aliphatic heterocycles. The summed E-state index contributed by atoms with van der Waals surface area (Å²) in [6.07, 6.45) is 3.64. The summed E-state index contributed by atoms with van der Waals surface area (Å²) in [7, 11) is 4.00. The number of hydrogen-bond donors (Lipinski definition) is 2. The van der Waals surface area contributed by atoms with E-state index in [-0.39, 0.29) is 17.9 Å². The second-order valence-electron chi connectivity index (χ2n) is 9.05. The molecule has 168 valence electrons. The minimum Gasteiger partial charge on any atom is -0.362 e. The highest BCUT2D eigenvalue weighted by atomic mass is 16.1. The Kier molecular flexibility index (Phi) is 6.58. The average molecular weight is 432 g/mol. The van der Waals surface area contributed by atoms with Crippen LogP contribution in [0.15, 0.2) is 42.5 Å². The maximum Gasteiger partial charge on any atom is 0.225 e. The average Bonchev–Trinajstić information content (AvgIpc) is 2.79. The second kappa shape index (κ2) is 9.55. The van der Waals surface area contributed by atoms with Crippen molar-refractivity contribution < 1.29 is 4.79 Å². The van der Waals surface area contributed by atoms with Crippen LogP contribution in [0.25, 0.3) is 10.9 Å². The van der Waals surface area contributed by atoms with Crippen LogP contribution in [-0.4, -0.2) is 36.0 Å². The SMILES string of the molecule is Cc1cccc(CNC(=O)[C@H]2CC[C@@H](Nc3nc(N(C)C)c4ccccc4n3)CC2)c1C. The van der Waals surface area contributed by atoms with Crippen molar-refractivity contribution in [1.82, 2.24) is 15.3 Å². The fourth-order valence-electron chi connectivity index (χ4n) is 4.48. The number of carbonyl (C=O) groups excluding carboxylic acids is 1. The van der Waals surface area contributed by atoms with Crippen LogP contribution in [0.5, 0.6) is 0 Å².